The molecule has 0 aromatic heterocycles. The second kappa shape index (κ2) is 73.7. The predicted molar refractivity (Wildman–Crippen MR) is 209 cm³/mol. The van der Waals surface area contributed by atoms with Gasteiger partial charge < -0.3 is 16.8 Å². The first-order valence-electron chi connectivity index (χ1n) is 19.1. The van der Waals surface area contributed by atoms with Crippen molar-refractivity contribution in [1.29, 1.82) is 0 Å². The Labute approximate surface area is 418 Å². The van der Waals surface area contributed by atoms with Gasteiger partial charge in [0.25, 0.3) is 6.47 Å². The van der Waals surface area contributed by atoms with E-state index in [4.69, 9.17) is 32.1 Å². The summed E-state index contributed by atoms with van der Waals surface area (Å²) in [7, 11) is 0. The van der Waals surface area contributed by atoms with Crippen molar-refractivity contribution in [2.24, 2.45) is 5.90 Å². The summed E-state index contributed by atoms with van der Waals surface area (Å²) in [5.74, 6) is 3.24. The fourth-order valence-electron chi connectivity index (χ4n) is 5.35. The molecule has 0 atom stereocenters. The van der Waals surface area contributed by atoms with Crippen LogP contribution in [0.2, 0.25) is 0 Å². The van der Waals surface area contributed by atoms with E-state index in [-0.39, 0.29) is 147 Å². The Balaban J connectivity index is -0.0000000812. The number of hydrogen-bond acceptors (Lipinski definition) is 8. The standard InChI is InChI=1S/C18H35ClO.C18H37NO2.CH2O3.2ClH.2K.H3NO.H/c1-2-3-4-5-6-7-8-9-10-11-12-13-14-15-16-17-18(19)20;1-2-3-4-5-6-7-8-9-10-11-12-13-14-15-16-17-18(20)19-21;2-1-4-3;;;;;1-2;/h2-17H2,1H3;21H,2-17H2,1H3,(H,19,20);1,3H;2*1H;;;2H,1H2;/q;;;;;2*+1;;-1/p-1. The van der Waals surface area contributed by atoms with Gasteiger partial charge in [0.05, 0.1) is 0 Å². The molecule has 0 bridgehead atoms. The van der Waals surface area contributed by atoms with Gasteiger partial charge >= 0.3 is 103 Å². The first-order chi connectivity index (χ1) is 23.0. The minimum atomic E-state index is -0.260. The molecule has 0 aliphatic rings. The fourth-order valence-corrected chi connectivity index (χ4v) is 5.48. The molecule has 51 heavy (non-hydrogen) atoms. The van der Waals surface area contributed by atoms with Crippen LogP contribution in [0.3, 0.4) is 0 Å². The third kappa shape index (κ3) is 85.9. The van der Waals surface area contributed by atoms with Crippen molar-refractivity contribution >= 4 is 54.0 Å². The quantitative estimate of drug-likeness (QED) is 0.0128. The van der Waals surface area contributed by atoms with Crippen molar-refractivity contribution in [3.8, 4) is 0 Å². The Kier molecular flexibility index (Phi) is 103. The molecule has 0 saturated carbocycles. The van der Waals surface area contributed by atoms with Gasteiger partial charge in [-0.05, 0) is 24.4 Å². The third-order valence-corrected chi connectivity index (χ3v) is 8.34. The second-order valence-corrected chi connectivity index (χ2v) is 12.9. The Morgan fingerprint density at radius 2 is 0.765 bits per heavy atom. The number of rotatable bonds is 33. The fraction of sp³-hybridized carbons (Fsp3) is 0.919. The molecule has 1 amide bonds. The molecule has 0 aromatic rings. The van der Waals surface area contributed by atoms with Crippen molar-refractivity contribution in [3.63, 3.8) is 0 Å². The molecule has 302 valence electrons. The normalized spacial score (nSPS) is 9.24. The largest absolute Gasteiger partial charge is 1.00 e. The summed E-state index contributed by atoms with van der Waals surface area (Å²) in [5.41, 5.74) is 1.68. The number of nitrogens with one attached hydrogen (secondary N) is 1. The minimum absolute atomic E-state index is 0. The maximum atomic E-state index is 10.8. The molecular weight excluding hydrogens is 769 g/mol. The smallest absolute Gasteiger partial charge is 1.00 e. The molecule has 0 fully saturated rings. The molecule has 14 heteroatoms. The Morgan fingerprint density at radius 3 is 0.941 bits per heavy atom. The second-order valence-electron chi connectivity index (χ2n) is 12.5. The van der Waals surface area contributed by atoms with E-state index in [1.54, 1.807) is 5.48 Å². The van der Waals surface area contributed by atoms with Gasteiger partial charge in [-0.15, -0.1) is 24.8 Å². The van der Waals surface area contributed by atoms with Crippen LogP contribution in [-0.4, -0.2) is 28.0 Å². The van der Waals surface area contributed by atoms with Crippen LogP contribution in [0.4, 0.5) is 0 Å². The van der Waals surface area contributed by atoms with Gasteiger partial charge in [-0.2, -0.15) is 0 Å². The zero-order valence-electron chi connectivity index (χ0n) is 34.4. The van der Waals surface area contributed by atoms with E-state index >= 15 is 0 Å². The van der Waals surface area contributed by atoms with Gasteiger partial charge in [-0.3, -0.25) is 19.6 Å². The van der Waals surface area contributed by atoms with Gasteiger partial charge in [0, 0.05) is 12.8 Å². The van der Waals surface area contributed by atoms with Gasteiger partial charge in [0.1, 0.15) is 0 Å². The number of hydroxylamine groups is 1. The summed E-state index contributed by atoms with van der Waals surface area (Å²) < 4.78 is 0. The molecule has 0 aromatic carbocycles. The Hall–Kier alpha value is 2.59. The Morgan fingerprint density at radius 1 is 0.569 bits per heavy atom. The van der Waals surface area contributed by atoms with E-state index in [0.29, 0.717) is 12.8 Å². The molecule has 9 nitrogen and oxygen atoms in total. The summed E-state index contributed by atoms with van der Waals surface area (Å²) in [5, 5.41) is 23.1. The van der Waals surface area contributed by atoms with E-state index in [0.717, 1.165) is 25.7 Å². The number of hydrogen-bond donors (Lipinski definition) is 4. The molecule has 0 aliphatic heterocycles. The maximum absolute atomic E-state index is 10.8. The first-order valence-corrected chi connectivity index (χ1v) is 19.5. The SMILES string of the molecule is CCCCCCCCCCCCCCCCCC(=O)Cl.CCCCCCCCCCCCCCCCCC(=O)NO.Cl.Cl.NO.O=CO[O-].[H-].[K+].[K+]. The monoisotopic (exact) mass is 846 g/mol. The number of carbonyl (C=O) groups excluding carboxylic acids is 3. The van der Waals surface area contributed by atoms with Crippen LogP contribution < -0.4 is 119 Å². The predicted octanol–water partition coefficient (Wildman–Crippen LogP) is 5.50. The maximum Gasteiger partial charge on any atom is 1.00 e. The summed E-state index contributed by atoms with van der Waals surface area (Å²) in [6.07, 6.45) is 41.2. The van der Waals surface area contributed by atoms with Crippen LogP contribution in [0, 0.1) is 0 Å². The van der Waals surface area contributed by atoms with E-state index in [1.165, 1.54) is 167 Å². The molecule has 0 unspecified atom stereocenters. The summed E-state index contributed by atoms with van der Waals surface area (Å²) in [4.78, 5) is 32.6. The van der Waals surface area contributed by atoms with Crippen molar-refractivity contribution in [2.75, 3.05) is 0 Å². The number of carbonyl (C=O) groups is 3. The number of amides is 1. The van der Waals surface area contributed by atoms with Crippen molar-refractivity contribution in [2.45, 2.75) is 219 Å². The molecule has 0 aliphatic carbocycles. The average molecular weight is 849 g/mol. The van der Waals surface area contributed by atoms with Crippen LogP contribution in [0.15, 0.2) is 0 Å². The van der Waals surface area contributed by atoms with Gasteiger partial charge in [-0.25, -0.2) is 11.4 Å². The molecule has 0 saturated heterocycles. The van der Waals surface area contributed by atoms with Gasteiger partial charge in [-0.1, -0.05) is 194 Å². The first kappa shape index (κ1) is 71.3. The molecule has 5 N–H and O–H groups in total. The van der Waals surface area contributed by atoms with Crippen LogP contribution in [0.1, 0.15) is 221 Å². The molecule has 0 heterocycles. The number of unbranched alkanes of at least 4 members (excludes halogenated alkanes) is 28. The van der Waals surface area contributed by atoms with E-state index in [1.807, 2.05) is 0 Å². The van der Waals surface area contributed by atoms with Crippen molar-refractivity contribution in [3.05, 3.63) is 0 Å². The van der Waals surface area contributed by atoms with Crippen molar-refractivity contribution < 1.29 is 139 Å². The zero-order chi connectivity index (χ0) is 35.9. The van der Waals surface area contributed by atoms with Crippen molar-refractivity contribution in [1.82, 2.24) is 5.48 Å². The van der Waals surface area contributed by atoms with Crippen LogP contribution in [0.5, 0.6) is 0 Å². The zero-order valence-corrected chi connectivity index (χ0v) is 42.0. The summed E-state index contributed by atoms with van der Waals surface area (Å²) >= 11 is 5.30. The molecular formula is C37H79Cl3K2N2O7. The van der Waals surface area contributed by atoms with Crippen LogP contribution in [-0.2, 0) is 19.3 Å². The van der Waals surface area contributed by atoms with E-state index in [2.05, 4.69) is 24.6 Å². The number of nitrogens with two attached hydrogens (primary N) is 1. The molecule has 0 radical (unpaired) electrons. The molecule has 0 rings (SSSR count). The van der Waals surface area contributed by atoms with E-state index in [9.17, 15) is 9.59 Å². The van der Waals surface area contributed by atoms with Gasteiger partial charge in [0.15, 0.2) is 0 Å². The van der Waals surface area contributed by atoms with E-state index < -0.39 is 0 Å². The Bertz CT molecular complexity index is 616. The van der Waals surface area contributed by atoms with Gasteiger partial charge in [0.2, 0.25) is 11.1 Å². The summed E-state index contributed by atoms with van der Waals surface area (Å²) in [6, 6.07) is 0. The summed E-state index contributed by atoms with van der Waals surface area (Å²) in [6.45, 7) is 4.36. The minimum Gasteiger partial charge on any atom is -1.00 e. The average Bonchev–Trinajstić information content (AvgIpc) is 3.09. The van der Waals surface area contributed by atoms with Crippen LogP contribution in [0.25, 0.3) is 0 Å². The topological polar surface area (TPSA) is 162 Å². The number of halogens is 3. The van der Waals surface area contributed by atoms with Crippen LogP contribution >= 0.6 is 36.4 Å². The molecule has 0 spiro atoms. The third-order valence-electron chi connectivity index (χ3n) is 8.15.